The van der Waals surface area contributed by atoms with E-state index in [1.165, 1.54) is 0 Å². The Bertz CT molecular complexity index is 115. The molecular weight excluding hydrogens is 124 g/mol. The van der Waals surface area contributed by atoms with Gasteiger partial charge in [0.2, 0.25) is 0 Å². The molecule has 0 saturated heterocycles. The molecule has 0 aliphatic rings. The van der Waals surface area contributed by atoms with Gasteiger partial charge in [0.15, 0.2) is 11.4 Å². The average molecular weight is 130 g/mol. The summed E-state index contributed by atoms with van der Waals surface area (Å²) in [6, 6.07) is 0. The molecule has 0 radical (unpaired) electrons. The monoisotopic (exact) mass is 130 g/mol. The fourth-order valence-corrected chi connectivity index (χ4v) is 0.375. The quantitative estimate of drug-likeness (QED) is 0.200. The molecule has 8 heavy (non-hydrogen) atoms. The minimum absolute atomic E-state index is 0.136. The summed E-state index contributed by atoms with van der Waals surface area (Å²) in [4.78, 5) is 0. The summed E-state index contributed by atoms with van der Waals surface area (Å²) in [6.07, 6.45) is 0. The van der Waals surface area contributed by atoms with Crippen molar-refractivity contribution in [1.82, 2.24) is 10.0 Å². The molecule has 5 heteroatoms. The first-order valence-electron chi connectivity index (χ1n) is 1.88. The van der Waals surface area contributed by atoms with Gasteiger partial charge in [-0.3, -0.25) is 10.1 Å². The second-order valence-corrected chi connectivity index (χ2v) is 1.51. The highest BCUT2D eigenvalue weighted by molar-refractivity contribution is 8.02. The summed E-state index contributed by atoms with van der Waals surface area (Å²) in [5.74, 6) is 0.136. The lowest BCUT2D eigenvalue weighted by molar-refractivity contribution is 1.09. The van der Waals surface area contributed by atoms with Gasteiger partial charge in [-0.1, -0.05) is 0 Å². The van der Waals surface area contributed by atoms with Gasteiger partial charge in [0.25, 0.3) is 0 Å². The molecule has 0 aliphatic heterocycles. The predicted octanol–water partition coefficient (Wildman–Crippen LogP) is -0.141. The minimum atomic E-state index is 0.136. The Kier molecular flexibility index (Phi) is 3.80. The van der Waals surface area contributed by atoms with Crippen molar-refractivity contribution in [2.24, 2.45) is 0 Å². The van der Waals surface area contributed by atoms with E-state index in [-0.39, 0.29) is 5.96 Å². The molecule has 3 N–H and O–H groups in total. The lowest BCUT2D eigenvalue weighted by Gasteiger charge is -1.97. The number of hydrogen-bond donors (Lipinski definition) is 3. The number of guanidine groups is 1. The summed E-state index contributed by atoms with van der Waals surface area (Å²) in [6.45, 7) is 0. The van der Waals surface area contributed by atoms with E-state index < -0.39 is 0 Å². The zero-order chi connectivity index (χ0) is 6.41. The standard InChI is InChI=1S/C3H6N4S/c1-6-3(5)7-8-2-4/h1H3,(H3,5,6,7). The Hall–Kier alpha value is -0.890. The molecule has 0 aliphatic carbocycles. The van der Waals surface area contributed by atoms with Crippen LogP contribution in [-0.2, 0) is 0 Å². The summed E-state index contributed by atoms with van der Waals surface area (Å²) >= 11 is 0.809. The Labute approximate surface area is 51.9 Å². The lowest BCUT2D eigenvalue weighted by atomic mass is 11.0. The van der Waals surface area contributed by atoms with Gasteiger partial charge in [-0.25, -0.2) is 0 Å². The highest BCUT2D eigenvalue weighted by Gasteiger charge is 1.85. The van der Waals surface area contributed by atoms with Crippen molar-refractivity contribution in [2.45, 2.75) is 0 Å². The molecule has 0 atom stereocenters. The normalized spacial score (nSPS) is 7.00. The highest BCUT2D eigenvalue weighted by Crippen LogP contribution is 1.83. The van der Waals surface area contributed by atoms with Gasteiger partial charge in [0, 0.05) is 7.05 Å². The first-order valence-corrected chi connectivity index (χ1v) is 2.70. The van der Waals surface area contributed by atoms with Crippen LogP contribution in [0.25, 0.3) is 0 Å². The van der Waals surface area contributed by atoms with Crippen LogP contribution in [0, 0.1) is 16.1 Å². The number of nitriles is 1. The molecule has 0 spiro atoms. The summed E-state index contributed by atoms with van der Waals surface area (Å²) in [5, 5.41) is 19.0. The van der Waals surface area contributed by atoms with Gasteiger partial charge in [-0.15, -0.1) is 0 Å². The van der Waals surface area contributed by atoms with Gasteiger partial charge < -0.3 is 5.32 Å². The van der Waals surface area contributed by atoms with E-state index >= 15 is 0 Å². The van der Waals surface area contributed by atoms with Gasteiger partial charge in [-0.2, -0.15) is 5.26 Å². The fraction of sp³-hybridized carbons (Fsp3) is 0.333. The molecule has 0 saturated carbocycles. The van der Waals surface area contributed by atoms with Crippen molar-refractivity contribution in [2.75, 3.05) is 7.05 Å². The summed E-state index contributed by atoms with van der Waals surface area (Å²) in [5.41, 5.74) is 0. The van der Waals surface area contributed by atoms with Crippen LogP contribution in [0.3, 0.4) is 0 Å². The maximum Gasteiger partial charge on any atom is 0.199 e. The van der Waals surface area contributed by atoms with Crippen LogP contribution < -0.4 is 10.0 Å². The van der Waals surface area contributed by atoms with Gasteiger partial charge in [0.1, 0.15) is 0 Å². The molecule has 0 heterocycles. The maximum atomic E-state index is 7.94. The molecule has 0 unspecified atom stereocenters. The molecule has 0 bridgehead atoms. The Morgan fingerprint density at radius 1 is 1.88 bits per heavy atom. The Morgan fingerprint density at radius 2 is 2.50 bits per heavy atom. The molecule has 0 amide bonds. The smallest absolute Gasteiger partial charge is 0.199 e. The van der Waals surface area contributed by atoms with Crippen LogP contribution in [0.4, 0.5) is 0 Å². The molecule has 0 rings (SSSR count). The van der Waals surface area contributed by atoms with E-state index in [9.17, 15) is 0 Å². The Balaban J connectivity index is 3.15. The topological polar surface area (TPSA) is 71.7 Å². The third-order valence-electron chi connectivity index (χ3n) is 0.449. The number of nitrogens with one attached hydrogen (secondary N) is 3. The summed E-state index contributed by atoms with van der Waals surface area (Å²) in [7, 11) is 1.60. The van der Waals surface area contributed by atoms with Crippen molar-refractivity contribution < 1.29 is 0 Å². The van der Waals surface area contributed by atoms with Gasteiger partial charge in [0.05, 0.1) is 11.9 Å². The van der Waals surface area contributed by atoms with Crippen LogP contribution >= 0.6 is 11.9 Å². The predicted molar refractivity (Wildman–Crippen MR) is 33.1 cm³/mol. The van der Waals surface area contributed by atoms with Crippen molar-refractivity contribution in [3.05, 3.63) is 0 Å². The van der Waals surface area contributed by atoms with E-state index in [4.69, 9.17) is 10.7 Å². The van der Waals surface area contributed by atoms with E-state index in [0.29, 0.717) is 0 Å². The maximum absolute atomic E-state index is 7.94. The number of rotatable bonds is 1. The van der Waals surface area contributed by atoms with Crippen LogP contribution in [0.5, 0.6) is 0 Å². The van der Waals surface area contributed by atoms with Crippen LogP contribution in [0.1, 0.15) is 0 Å². The molecule has 0 aromatic rings. The minimum Gasteiger partial charge on any atom is -0.359 e. The van der Waals surface area contributed by atoms with Crippen LogP contribution in [-0.4, -0.2) is 13.0 Å². The van der Waals surface area contributed by atoms with Crippen molar-refractivity contribution >= 4 is 17.9 Å². The largest absolute Gasteiger partial charge is 0.359 e. The first-order chi connectivity index (χ1) is 3.81. The van der Waals surface area contributed by atoms with Gasteiger partial charge in [-0.05, 0) is 0 Å². The van der Waals surface area contributed by atoms with E-state index in [0.717, 1.165) is 11.9 Å². The highest BCUT2D eigenvalue weighted by atomic mass is 32.2. The van der Waals surface area contributed by atoms with Crippen LogP contribution in [0.2, 0.25) is 0 Å². The number of nitrogens with zero attached hydrogens (tertiary/aromatic N) is 1. The van der Waals surface area contributed by atoms with Crippen molar-refractivity contribution in [3.63, 3.8) is 0 Å². The first kappa shape index (κ1) is 7.11. The SMILES string of the molecule is CNC(=N)NSC#N. The fourth-order valence-electron chi connectivity index (χ4n) is 0.125. The van der Waals surface area contributed by atoms with Crippen molar-refractivity contribution in [1.29, 1.82) is 10.7 Å². The van der Waals surface area contributed by atoms with Gasteiger partial charge >= 0.3 is 0 Å². The molecule has 0 aromatic heterocycles. The zero-order valence-electron chi connectivity index (χ0n) is 4.36. The molecule has 44 valence electrons. The molecular formula is C3H6N4S. The number of hydrogen-bond acceptors (Lipinski definition) is 3. The average Bonchev–Trinajstić information content (AvgIpc) is 1.83. The number of thiocyanates is 1. The third-order valence-corrected chi connectivity index (χ3v) is 0.846. The van der Waals surface area contributed by atoms with Crippen LogP contribution in [0.15, 0.2) is 0 Å². The van der Waals surface area contributed by atoms with E-state index in [2.05, 4.69) is 10.0 Å². The second-order valence-electron chi connectivity index (χ2n) is 0.920. The molecule has 0 fully saturated rings. The molecule has 0 aromatic carbocycles. The Morgan fingerprint density at radius 3 is 2.88 bits per heavy atom. The second kappa shape index (κ2) is 4.27. The van der Waals surface area contributed by atoms with E-state index in [1.807, 2.05) is 0 Å². The van der Waals surface area contributed by atoms with E-state index in [1.54, 1.807) is 12.4 Å². The third kappa shape index (κ3) is 3.31. The lowest BCUT2D eigenvalue weighted by Crippen LogP contribution is -2.27. The van der Waals surface area contributed by atoms with Crippen molar-refractivity contribution in [3.8, 4) is 5.40 Å². The zero-order valence-corrected chi connectivity index (χ0v) is 5.17. The molecule has 4 nitrogen and oxygen atoms in total. The summed E-state index contributed by atoms with van der Waals surface area (Å²) < 4.78 is 2.41.